The van der Waals surface area contributed by atoms with Crippen LogP contribution >= 0.6 is 11.8 Å². The first-order valence-corrected chi connectivity index (χ1v) is 4.71. The Hall–Kier alpha value is -0.380. The summed E-state index contributed by atoms with van der Waals surface area (Å²) in [5.74, 6) is 1.39. The van der Waals surface area contributed by atoms with Gasteiger partial charge in [0.15, 0.2) is 0 Å². The molecular formula is C7H16N2OS. The number of hydrogen-bond acceptors (Lipinski definition) is 3. The molecule has 0 spiro atoms. The summed E-state index contributed by atoms with van der Waals surface area (Å²) in [5, 5.41) is 11.9. The van der Waals surface area contributed by atoms with Crippen LogP contribution in [0.3, 0.4) is 0 Å². The van der Waals surface area contributed by atoms with Crippen LogP contribution in [-0.2, 0) is 0 Å². The lowest BCUT2D eigenvalue weighted by molar-refractivity contribution is 0.315. The van der Waals surface area contributed by atoms with Gasteiger partial charge < -0.3 is 10.9 Å². The Balaban J connectivity index is 3.61. The van der Waals surface area contributed by atoms with Crippen molar-refractivity contribution in [3.8, 4) is 0 Å². The fraction of sp³-hybridized carbons (Fsp3) is 0.857. The summed E-state index contributed by atoms with van der Waals surface area (Å²) in [6, 6.07) is 0. The maximum absolute atomic E-state index is 8.32. The standard InChI is InChI=1S/C7H16N2OS/c1-5(2)11-4-6(3)7(8)9-10/h5-6,10H,4H2,1-3H3,(H2,8,9). The Bertz CT molecular complexity index is 136. The monoisotopic (exact) mass is 176 g/mol. The van der Waals surface area contributed by atoms with E-state index in [0.717, 1.165) is 5.75 Å². The van der Waals surface area contributed by atoms with Crippen LogP contribution in [-0.4, -0.2) is 22.0 Å². The van der Waals surface area contributed by atoms with E-state index in [1.165, 1.54) is 0 Å². The summed E-state index contributed by atoms with van der Waals surface area (Å²) in [6.45, 7) is 6.21. The molecule has 0 aromatic carbocycles. The second kappa shape index (κ2) is 5.29. The lowest BCUT2D eigenvalue weighted by Crippen LogP contribution is -2.23. The van der Waals surface area contributed by atoms with E-state index < -0.39 is 0 Å². The van der Waals surface area contributed by atoms with Crippen molar-refractivity contribution in [2.75, 3.05) is 5.75 Å². The molecule has 0 saturated heterocycles. The molecule has 0 aromatic heterocycles. The molecule has 0 bridgehead atoms. The molecule has 0 saturated carbocycles. The molecule has 0 heterocycles. The molecule has 0 rings (SSSR count). The number of rotatable bonds is 4. The van der Waals surface area contributed by atoms with Crippen molar-refractivity contribution in [3.63, 3.8) is 0 Å². The molecule has 4 heteroatoms. The van der Waals surface area contributed by atoms with Crippen molar-refractivity contribution in [2.24, 2.45) is 16.8 Å². The van der Waals surface area contributed by atoms with Crippen LogP contribution in [0, 0.1) is 5.92 Å². The fourth-order valence-corrected chi connectivity index (χ4v) is 1.37. The number of nitrogens with two attached hydrogens (primary N) is 1. The van der Waals surface area contributed by atoms with Crippen LogP contribution in [0.4, 0.5) is 0 Å². The summed E-state index contributed by atoms with van der Waals surface area (Å²) >= 11 is 1.81. The number of amidine groups is 1. The third-order valence-electron chi connectivity index (χ3n) is 1.30. The highest BCUT2D eigenvalue weighted by Crippen LogP contribution is 2.13. The van der Waals surface area contributed by atoms with Crippen molar-refractivity contribution in [3.05, 3.63) is 0 Å². The minimum atomic E-state index is 0.160. The number of thioether (sulfide) groups is 1. The smallest absolute Gasteiger partial charge is 0.142 e. The third kappa shape index (κ3) is 4.95. The third-order valence-corrected chi connectivity index (χ3v) is 2.66. The van der Waals surface area contributed by atoms with Gasteiger partial charge in [-0.3, -0.25) is 0 Å². The lowest BCUT2D eigenvalue weighted by Gasteiger charge is -2.10. The molecule has 0 aliphatic heterocycles. The summed E-state index contributed by atoms with van der Waals surface area (Å²) in [4.78, 5) is 0. The average molecular weight is 176 g/mol. The molecule has 1 unspecified atom stereocenters. The van der Waals surface area contributed by atoms with Crippen LogP contribution < -0.4 is 5.73 Å². The van der Waals surface area contributed by atoms with Gasteiger partial charge in [-0.2, -0.15) is 11.8 Å². The van der Waals surface area contributed by atoms with Gasteiger partial charge in [0.05, 0.1) is 0 Å². The Morgan fingerprint density at radius 2 is 2.09 bits per heavy atom. The van der Waals surface area contributed by atoms with Gasteiger partial charge in [-0.25, -0.2) is 0 Å². The van der Waals surface area contributed by atoms with Crippen molar-refractivity contribution in [2.45, 2.75) is 26.0 Å². The predicted molar refractivity (Wildman–Crippen MR) is 50.2 cm³/mol. The topological polar surface area (TPSA) is 58.6 Å². The molecule has 0 radical (unpaired) electrons. The van der Waals surface area contributed by atoms with Crippen LogP contribution in [0.25, 0.3) is 0 Å². The molecule has 3 N–H and O–H groups in total. The number of hydrogen-bond donors (Lipinski definition) is 2. The molecule has 0 aliphatic carbocycles. The van der Waals surface area contributed by atoms with Gasteiger partial charge in [-0.1, -0.05) is 25.9 Å². The first kappa shape index (κ1) is 10.6. The minimum Gasteiger partial charge on any atom is -0.409 e. The summed E-state index contributed by atoms with van der Waals surface area (Å²) in [5.41, 5.74) is 5.39. The molecule has 1 atom stereocenters. The van der Waals surface area contributed by atoms with Crippen molar-refractivity contribution < 1.29 is 5.21 Å². The highest BCUT2D eigenvalue weighted by Gasteiger charge is 2.07. The zero-order chi connectivity index (χ0) is 8.85. The highest BCUT2D eigenvalue weighted by atomic mass is 32.2. The first-order valence-electron chi connectivity index (χ1n) is 3.67. The molecule has 3 nitrogen and oxygen atoms in total. The fourth-order valence-electron chi connectivity index (χ4n) is 0.521. The molecule has 0 aromatic rings. The Labute approximate surface area is 72.0 Å². The number of nitrogens with zero attached hydrogens (tertiary/aromatic N) is 1. The van der Waals surface area contributed by atoms with Gasteiger partial charge in [0, 0.05) is 11.7 Å². The average Bonchev–Trinajstić information content (AvgIpc) is 1.98. The maximum Gasteiger partial charge on any atom is 0.142 e. The zero-order valence-electron chi connectivity index (χ0n) is 7.24. The Morgan fingerprint density at radius 3 is 2.45 bits per heavy atom. The van der Waals surface area contributed by atoms with Gasteiger partial charge >= 0.3 is 0 Å². The van der Waals surface area contributed by atoms with E-state index in [0.29, 0.717) is 11.1 Å². The van der Waals surface area contributed by atoms with E-state index in [1.54, 1.807) is 0 Å². The molecule has 0 fully saturated rings. The summed E-state index contributed by atoms with van der Waals surface area (Å²) in [7, 11) is 0. The van der Waals surface area contributed by atoms with E-state index in [1.807, 2.05) is 18.7 Å². The highest BCUT2D eigenvalue weighted by molar-refractivity contribution is 7.99. The van der Waals surface area contributed by atoms with Crippen molar-refractivity contribution in [1.82, 2.24) is 0 Å². The van der Waals surface area contributed by atoms with Gasteiger partial charge in [-0.05, 0) is 5.25 Å². The molecule has 0 aliphatic rings. The van der Waals surface area contributed by atoms with E-state index in [-0.39, 0.29) is 5.92 Å². The normalized spacial score (nSPS) is 15.5. The predicted octanol–water partition coefficient (Wildman–Crippen LogP) is 1.51. The number of oxime groups is 1. The molecule has 0 amide bonds. The Morgan fingerprint density at radius 1 is 1.55 bits per heavy atom. The van der Waals surface area contributed by atoms with E-state index in [9.17, 15) is 0 Å². The van der Waals surface area contributed by atoms with Crippen LogP contribution in [0.5, 0.6) is 0 Å². The van der Waals surface area contributed by atoms with Crippen LogP contribution in [0.2, 0.25) is 0 Å². The first-order chi connectivity index (χ1) is 5.07. The quantitative estimate of drug-likeness (QED) is 0.295. The second-order valence-electron chi connectivity index (χ2n) is 2.81. The maximum atomic E-state index is 8.32. The largest absolute Gasteiger partial charge is 0.409 e. The molecule has 11 heavy (non-hydrogen) atoms. The van der Waals surface area contributed by atoms with Gasteiger partial charge in [0.25, 0.3) is 0 Å². The Kier molecular flexibility index (Phi) is 5.11. The van der Waals surface area contributed by atoms with Crippen LogP contribution in [0.15, 0.2) is 5.16 Å². The van der Waals surface area contributed by atoms with Crippen molar-refractivity contribution in [1.29, 1.82) is 0 Å². The minimum absolute atomic E-state index is 0.160. The zero-order valence-corrected chi connectivity index (χ0v) is 8.06. The van der Waals surface area contributed by atoms with E-state index in [4.69, 9.17) is 10.9 Å². The van der Waals surface area contributed by atoms with Gasteiger partial charge in [0.1, 0.15) is 5.84 Å². The lowest BCUT2D eigenvalue weighted by atomic mass is 10.2. The van der Waals surface area contributed by atoms with E-state index >= 15 is 0 Å². The van der Waals surface area contributed by atoms with Crippen molar-refractivity contribution >= 4 is 17.6 Å². The molecule has 66 valence electrons. The molecular weight excluding hydrogens is 160 g/mol. The van der Waals surface area contributed by atoms with E-state index in [2.05, 4.69) is 19.0 Å². The summed E-state index contributed by atoms with van der Waals surface area (Å²) in [6.07, 6.45) is 0. The van der Waals surface area contributed by atoms with Gasteiger partial charge in [-0.15, -0.1) is 0 Å². The SMILES string of the molecule is CC(C)SCC(C)/C(N)=N/O. The van der Waals surface area contributed by atoms with Gasteiger partial charge in [0.2, 0.25) is 0 Å². The second-order valence-corrected chi connectivity index (χ2v) is 4.42. The summed E-state index contributed by atoms with van der Waals surface area (Å²) < 4.78 is 0. The van der Waals surface area contributed by atoms with Crippen LogP contribution in [0.1, 0.15) is 20.8 Å².